The van der Waals surface area contributed by atoms with Crippen molar-refractivity contribution in [3.8, 4) is 11.3 Å². The van der Waals surface area contributed by atoms with E-state index in [-0.39, 0.29) is 0 Å². The molecule has 1 aromatic carbocycles. The van der Waals surface area contributed by atoms with Crippen LogP contribution in [0.25, 0.3) is 11.3 Å². The largest absolute Gasteiger partial charge is 0.390 e. The van der Waals surface area contributed by atoms with E-state index in [0.717, 1.165) is 16.1 Å². The average molecular weight is 293 g/mol. The number of nitrogens with two attached hydrogens (primary N) is 2. The number of aliphatic hydroxyl groups excluding tert-OH is 2. The quantitative estimate of drug-likeness (QED) is 0.667. The molecular formula is C14H19N3O2S. The van der Waals surface area contributed by atoms with E-state index in [4.69, 9.17) is 11.5 Å². The van der Waals surface area contributed by atoms with Crippen molar-refractivity contribution in [1.29, 1.82) is 0 Å². The Labute approximate surface area is 121 Å². The van der Waals surface area contributed by atoms with Gasteiger partial charge >= 0.3 is 0 Å². The molecule has 2 aromatic rings. The zero-order chi connectivity index (χ0) is 14.7. The van der Waals surface area contributed by atoms with Gasteiger partial charge in [0.2, 0.25) is 0 Å². The number of benzene rings is 1. The van der Waals surface area contributed by atoms with Gasteiger partial charge in [0.25, 0.3) is 0 Å². The summed E-state index contributed by atoms with van der Waals surface area (Å²) in [5.74, 6) is 0. The van der Waals surface area contributed by atoms with Crippen LogP contribution in [0.1, 0.15) is 23.0 Å². The van der Waals surface area contributed by atoms with Gasteiger partial charge < -0.3 is 21.7 Å². The van der Waals surface area contributed by atoms with Crippen LogP contribution in [0.15, 0.2) is 24.3 Å². The van der Waals surface area contributed by atoms with Crippen LogP contribution in [0.3, 0.4) is 0 Å². The van der Waals surface area contributed by atoms with Crippen LogP contribution in [0.2, 0.25) is 0 Å². The van der Waals surface area contributed by atoms with E-state index in [2.05, 4.69) is 4.98 Å². The number of nitrogen functional groups attached to an aromatic ring is 1. The molecule has 0 saturated heterocycles. The number of hydrogen-bond donors (Lipinski definition) is 4. The number of aryl methyl sites for hydroxylation is 1. The van der Waals surface area contributed by atoms with Gasteiger partial charge in [-0.15, -0.1) is 11.3 Å². The molecule has 0 fully saturated rings. The zero-order valence-electron chi connectivity index (χ0n) is 11.3. The maximum Gasteiger partial charge on any atom is 0.180 e. The fraction of sp³-hybridized carbons (Fsp3) is 0.357. The average Bonchev–Trinajstić information content (AvgIpc) is 2.77. The summed E-state index contributed by atoms with van der Waals surface area (Å²) in [5, 5.41) is 20.3. The highest BCUT2D eigenvalue weighted by Crippen LogP contribution is 2.30. The first-order valence-electron chi connectivity index (χ1n) is 6.42. The highest BCUT2D eigenvalue weighted by atomic mass is 32.1. The molecule has 0 aliphatic rings. The lowest BCUT2D eigenvalue weighted by Crippen LogP contribution is -2.21. The fourth-order valence-electron chi connectivity index (χ4n) is 2.07. The van der Waals surface area contributed by atoms with Gasteiger partial charge in [0, 0.05) is 10.4 Å². The minimum atomic E-state index is -0.922. The van der Waals surface area contributed by atoms with E-state index in [1.165, 1.54) is 11.3 Å². The van der Waals surface area contributed by atoms with Gasteiger partial charge in [-0.25, -0.2) is 4.98 Å². The molecule has 1 heterocycles. The number of rotatable bonds is 5. The summed E-state index contributed by atoms with van der Waals surface area (Å²) in [6.45, 7) is 2.31. The molecule has 0 aliphatic carbocycles. The normalized spacial score (nSPS) is 14.2. The third kappa shape index (κ3) is 3.16. The Hall–Kier alpha value is -1.47. The highest BCUT2D eigenvalue weighted by Gasteiger charge is 2.17. The zero-order valence-corrected chi connectivity index (χ0v) is 12.1. The molecule has 0 aliphatic heterocycles. The van der Waals surface area contributed by atoms with Crippen molar-refractivity contribution >= 4 is 16.5 Å². The molecule has 2 atom stereocenters. The van der Waals surface area contributed by atoms with E-state index in [9.17, 15) is 10.2 Å². The molecule has 6 N–H and O–H groups in total. The molecule has 2 rings (SSSR count). The third-order valence-corrected chi connectivity index (χ3v) is 3.97. The van der Waals surface area contributed by atoms with Gasteiger partial charge in [-0.05, 0) is 25.5 Å². The lowest BCUT2D eigenvalue weighted by Gasteiger charge is -2.17. The van der Waals surface area contributed by atoms with Crippen molar-refractivity contribution in [1.82, 2.24) is 4.98 Å². The summed E-state index contributed by atoms with van der Waals surface area (Å²) >= 11 is 1.45. The van der Waals surface area contributed by atoms with Crippen LogP contribution in [-0.2, 0) is 0 Å². The second kappa shape index (κ2) is 6.32. The molecule has 6 heteroatoms. The van der Waals surface area contributed by atoms with Crippen molar-refractivity contribution < 1.29 is 10.2 Å². The van der Waals surface area contributed by atoms with Gasteiger partial charge in [0.1, 0.15) is 6.10 Å². The summed E-state index contributed by atoms with van der Waals surface area (Å²) < 4.78 is 0. The first-order valence-corrected chi connectivity index (χ1v) is 7.24. The summed E-state index contributed by atoms with van der Waals surface area (Å²) in [4.78, 5) is 5.34. The summed E-state index contributed by atoms with van der Waals surface area (Å²) in [6.07, 6.45) is -1.40. The van der Waals surface area contributed by atoms with Crippen LogP contribution < -0.4 is 11.5 Å². The number of hydrogen-bond acceptors (Lipinski definition) is 6. The molecule has 5 nitrogen and oxygen atoms in total. The summed E-state index contributed by atoms with van der Waals surface area (Å²) in [7, 11) is 0. The minimum Gasteiger partial charge on any atom is -0.390 e. The third-order valence-electron chi connectivity index (χ3n) is 3.17. The van der Waals surface area contributed by atoms with Gasteiger partial charge in [-0.3, -0.25) is 0 Å². The Kier molecular flexibility index (Phi) is 4.72. The molecule has 0 saturated carbocycles. The second-order valence-electron chi connectivity index (χ2n) is 4.67. The molecule has 0 spiro atoms. The maximum absolute atomic E-state index is 10.0. The summed E-state index contributed by atoms with van der Waals surface area (Å²) in [5.41, 5.74) is 13.5. The predicted octanol–water partition coefficient (Wildman–Crippen LogP) is 1.44. The molecule has 2 unspecified atom stereocenters. The van der Waals surface area contributed by atoms with Crippen molar-refractivity contribution in [3.63, 3.8) is 0 Å². The van der Waals surface area contributed by atoms with Crippen LogP contribution in [0.4, 0.5) is 5.13 Å². The topological polar surface area (TPSA) is 105 Å². The molecular weight excluding hydrogens is 274 g/mol. The first kappa shape index (κ1) is 14.9. The minimum absolute atomic E-state index is 0.341. The van der Waals surface area contributed by atoms with E-state index < -0.39 is 12.2 Å². The Balaban J connectivity index is 2.20. The monoisotopic (exact) mass is 293 g/mol. The van der Waals surface area contributed by atoms with Crippen molar-refractivity contribution in [2.24, 2.45) is 5.73 Å². The summed E-state index contributed by atoms with van der Waals surface area (Å²) in [6, 6.07) is 7.31. The molecule has 20 heavy (non-hydrogen) atoms. The van der Waals surface area contributed by atoms with E-state index in [1.54, 1.807) is 12.1 Å². The van der Waals surface area contributed by atoms with Crippen LogP contribution in [0, 0.1) is 6.92 Å². The predicted molar refractivity (Wildman–Crippen MR) is 81.3 cm³/mol. The lowest BCUT2D eigenvalue weighted by atomic mass is 10.00. The lowest BCUT2D eigenvalue weighted by molar-refractivity contribution is 0.0150. The Morgan fingerprint density at radius 1 is 1.25 bits per heavy atom. The smallest absolute Gasteiger partial charge is 0.180 e. The molecule has 0 bridgehead atoms. The Bertz CT molecular complexity index is 568. The fourth-order valence-corrected chi connectivity index (χ4v) is 2.78. The van der Waals surface area contributed by atoms with Crippen molar-refractivity contribution in [3.05, 3.63) is 34.7 Å². The van der Waals surface area contributed by atoms with Gasteiger partial charge in [-0.1, -0.05) is 24.3 Å². The van der Waals surface area contributed by atoms with E-state index in [1.807, 2.05) is 19.1 Å². The molecule has 0 amide bonds. The second-order valence-corrected chi connectivity index (χ2v) is 5.90. The van der Waals surface area contributed by atoms with Gasteiger partial charge in [-0.2, -0.15) is 0 Å². The highest BCUT2D eigenvalue weighted by molar-refractivity contribution is 7.15. The number of nitrogens with zero attached hydrogens (tertiary/aromatic N) is 1. The Morgan fingerprint density at radius 3 is 2.40 bits per heavy atom. The van der Waals surface area contributed by atoms with Crippen molar-refractivity contribution in [2.75, 3.05) is 12.3 Å². The van der Waals surface area contributed by atoms with Crippen LogP contribution in [-0.4, -0.2) is 27.8 Å². The first-order chi connectivity index (χ1) is 9.52. The van der Waals surface area contributed by atoms with Gasteiger partial charge in [0.05, 0.1) is 11.8 Å². The Morgan fingerprint density at radius 2 is 1.90 bits per heavy atom. The standard InChI is InChI=1S/C14H19N3O2S/c1-8-12(17-14(16)20-8)9-2-4-10(5-3-9)13(19)11(18)6-7-15/h2-5,11,13,18-19H,6-7,15H2,1H3,(H2,16,17). The number of thiazole rings is 1. The maximum atomic E-state index is 10.0. The SMILES string of the molecule is Cc1sc(N)nc1-c1ccc(C(O)C(O)CCN)cc1. The van der Waals surface area contributed by atoms with Crippen molar-refractivity contribution in [2.45, 2.75) is 25.6 Å². The molecule has 0 radical (unpaired) electrons. The van der Waals surface area contributed by atoms with Crippen LogP contribution >= 0.6 is 11.3 Å². The molecule has 1 aromatic heterocycles. The van der Waals surface area contributed by atoms with E-state index in [0.29, 0.717) is 23.7 Å². The van der Waals surface area contributed by atoms with Gasteiger partial charge in [0.15, 0.2) is 5.13 Å². The van der Waals surface area contributed by atoms with E-state index >= 15 is 0 Å². The van der Waals surface area contributed by atoms with Crippen LogP contribution in [0.5, 0.6) is 0 Å². The number of anilines is 1. The molecule has 108 valence electrons. The number of aromatic nitrogens is 1. The number of aliphatic hydroxyl groups is 2.